The summed E-state index contributed by atoms with van der Waals surface area (Å²) in [5, 5.41) is 6.58. The molecule has 0 aliphatic carbocycles. The maximum Gasteiger partial charge on any atom is 0.340 e. The number of rotatable bonds is 6. The summed E-state index contributed by atoms with van der Waals surface area (Å²) in [6.07, 6.45) is 1.40. The van der Waals surface area contributed by atoms with Gasteiger partial charge in [0.2, 0.25) is 0 Å². The molecule has 1 amide bonds. The van der Waals surface area contributed by atoms with Gasteiger partial charge in [0.1, 0.15) is 12.3 Å². The maximum absolute atomic E-state index is 12.5. The molecule has 2 aromatic heterocycles. The molecule has 0 atom stereocenters. The molecule has 4 aromatic rings. The number of anilines is 1. The summed E-state index contributed by atoms with van der Waals surface area (Å²) < 4.78 is 15.7. The second kappa shape index (κ2) is 8.26. The lowest BCUT2D eigenvalue weighted by Crippen LogP contribution is -2.15. The number of hydrogen-bond acceptors (Lipinski definition) is 6. The van der Waals surface area contributed by atoms with E-state index in [0.29, 0.717) is 17.1 Å². The van der Waals surface area contributed by atoms with E-state index in [4.69, 9.17) is 13.7 Å². The first-order valence-electron chi connectivity index (χ1n) is 8.83. The first kappa shape index (κ1) is 18.2. The molecular formula is C22H16N2O5. The molecule has 29 heavy (non-hydrogen) atoms. The first-order chi connectivity index (χ1) is 14.2. The van der Waals surface area contributed by atoms with Gasteiger partial charge >= 0.3 is 5.97 Å². The summed E-state index contributed by atoms with van der Waals surface area (Å²) >= 11 is 0. The quantitative estimate of drug-likeness (QED) is 0.487. The van der Waals surface area contributed by atoms with Crippen LogP contribution in [0.25, 0.3) is 11.3 Å². The van der Waals surface area contributed by atoms with Crippen LogP contribution in [0.1, 0.15) is 26.6 Å². The van der Waals surface area contributed by atoms with Crippen molar-refractivity contribution in [2.24, 2.45) is 0 Å². The van der Waals surface area contributed by atoms with Crippen molar-refractivity contribution < 1.29 is 23.3 Å². The summed E-state index contributed by atoms with van der Waals surface area (Å²) in [4.78, 5) is 24.7. The maximum atomic E-state index is 12.5. The van der Waals surface area contributed by atoms with Gasteiger partial charge < -0.3 is 19.0 Å². The number of benzene rings is 2. The number of nitrogens with one attached hydrogen (secondary N) is 1. The Hall–Kier alpha value is -4.13. The molecule has 0 aliphatic heterocycles. The summed E-state index contributed by atoms with van der Waals surface area (Å²) in [5.41, 5.74) is 1.90. The summed E-state index contributed by atoms with van der Waals surface area (Å²) in [6, 6.07) is 20.9. The zero-order chi connectivity index (χ0) is 20.1. The van der Waals surface area contributed by atoms with Gasteiger partial charge in [-0.25, -0.2) is 4.79 Å². The van der Waals surface area contributed by atoms with Crippen molar-refractivity contribution in [2.45, 2.75) is 6.61 Å². The Morgan fingerprint density at radius 1 is 0.966 bits per heavy atom. The van der Waals surface area contributed by atoms with E-state index >= 15 is 0 Å². The molecule has 0 unspecified atom stereocenters. The van der Waals surface area contributed by atoms with Crippen LogP contribution in [0.4, 0.5) is 5.69 Å². The molecule has 4 rings (SSSR count). The zero-order valence-electron chi connectivity index (χ0n) is 15.2. The Bertz CT molecular complexity index is 1120. The predicted molar refractivity (Wildman–Crippen MR) is 104 cm³/mol. The van der Waals surface area contributed by atoms with E-state index in [1.54, 1.807) is 36.4 Å². The van der Waals surface area contributed by atoms with Crippen LogP contribution < -0.4 is 5.32 Å². The number of hydrogen-bond donors (Lipinski definition) is 1. The lowest BCUT2D eigenvalue weighted by molar-refractivity contribution is 0.0465. The fourth-order valence-corrected chi connectivity index (χ4v) is 2.70. The number of carbonyl (C=O) groups is 2. The molecule has 0 bridgehead atoms. The number of amides is 1. The largest absolute Gasteiger partial charge is 0.459 e. The normalized spacial score (nSPS) is 10.5. The Balaban J connectivity index is 1.43. The SMILES string of the molecule is O=C(Nc1ccccc1C(=O)OCc1cc(-c2ccccc2)on1)c1ccco1. The minimum atomic E-state index is -0.593. The van der Waals surface area contributed by atoms with Crippen LogP contribution in [-0.4, -0.2) is 17.0 Å². The van der Waals surface area contributed by atoms with Crippen LogP contribution in [0, 0.1) is 0 Å². The average molecular weight is 388 g/mol. The second-order valence-electron chi connectivity index (χ2n) is 6.10. The summed E-state index contributed by atoms with van der Waals surface area (Å²) in [7, 11) is 0. The van der Waals surface area contributed by atoms with E-state index in [1.807, 2.05) is 30.3 Å². The number of nitrogens with zero attached hydrogens (tertiary/aromatic N) is 1. The highest BCUT2D eigenvalue weighted by Crippen LogP contribution is 2.21. The van der Waals surface area contributed by atoms with Crippen LogP contribution in [0.2, 0.25) is 0 Å². The van der Waals surface area contributed by atoms with Gasteiger partial charge in [0.25, 0.3) is 5.91 Å². The van der Waals surface area contributed by atoms with Gasteiger partial charge in [0.15, 0.2) is 11.5 Å². The fourth-order valence-electron chi connectivity index (χ4n) is 2.70. The highest BCUT2D eigenvalue weighted by atomic mass is 16.5. The molecule has 0 fully saturated rings. The van der Waals surface area contributed by atoms with Crippen LogP contribution in [0.15, 0.2) is 88.0 Å². The highest BCUT2D eigenvalue weighted by Gasteiger charge is 2.17. The Kier molecular flexibility index (Phi) is 5.20. The van der Waals surface area contributed by atoms with Crippen molar-refractivity contribution in [3.8, 4) is 11.3 Å². The topological polar surface area (TPSA) is 94.6 Å². The van der Waals surface area contributed by atoms with Crippen LogP contribution in [0.3, 0.4) is 0 Å². The Labute approximate surface area is 165 Å². The van der Waals surface area contributed by atoms with E-state index in [9.17, 15) is 9.59 Å². The average Bonchev–Trinajstić information content (AvgIpc) is 3.45. The van der Waals surface area contributed by atoms with Crippen molar-refractivity contribution in [1.82, 2.24) is 5.16 Å². The zero-order valence-corrected chi connectivity index (χ0v) is 15.2. The van der Waals surface area contributed by atoms with E-state index in [2.05, 4.69) is 10.5 Å². The third kappa shape index (κ3) is 4.24. The molecule has 7 nitrogen and oxygen atoms in total. The van der Waals surface area contributed by atoms with E-state index in [-0.39, 0.29) is 17.9 Å². The summed E-state index contributed by atoms with van der Waals surface area (Å²) in [6.45, 7) is -0.0599. The Morgan fingerprint density at radius 2 is 1.76 bits per heavy atom. The molecule has 7 heteroatoms. The molecule has 0 aliphatic rings. The van der Waals surface area contributed by atoms with Crippen LogP contribution in [-0.2, 0) is 11.3 Å². The second-order valence-corrected chi connectivity index (χ2v) is 6.10. The van der Waals surface area contributed by atoms with E-state index in [1.165, 1.54) is 12.3 Å². The number of esters is 1. The minimum Gasteiger partial charge on any atom is -0.459 e. The van der Waals surface area contributed by atoms with Gasteiger partial charge in [-0.1, -0.05) is 47.6 Å². The molecule has 1 N–H and O–H groups in total. The lowest BCUT2D eigenvalue weighted by atomic mass is 10.1. The lowest BCUT2D eigenvalue weighted by Gasteiger charge is -2.09. The van der Waals surface area contributed by atoms with Crippen molar-refractivity contribution >= 4 is 17.6 Å². The third-order valence-electron chi connectivity index (χ3n) is 4.11. The monoisotopic (exact) mass is 388 g/mol. The summed E-state index contributed by atoms with van der Waals surface area (Å²) in [5.74, 6) is -0.323. The smallest absolute Gasteiger partial charge is 0.340 e. The van der Waals surface area contributed by atoms with Crippen molar-refractivity contribution in [3.63, 3.8) is 0 Å². The molecule has 0 spiro atoms. The number of carbonyl (C=O) groups excluding carboxylic acids is 2. The van der Waals surface area contributed by atoms with E-state index in [0.717, 1.165) is 5.56 Å². The van der Waals surface area contributed by atoms with Gasteiger partial charge in [0.05, 0.1) is 17.5 Å². The first-order valence-corrected chi connectivity index (χ1v) is 8.83. The number of furan rings is 1. The fraction of sp³-hybridized carbons (Fsp3) is 0.0455. The number of ether oxygens (including phenoxy) is 1. The molecule has 144 valence electrons. The minimum absolute atomic E-state index is 0.0599. The number of para-hydroxylation sites is 1. The van der Waals surface area contributed by atoms with Gasteiger partial charge in [-0.3, -0.25) is 4.79 Å². The standard InChI is InChI=1S/C22H16N2O5/c25-21(19-11-6-12-27-19)23-18-10-5-4-9-17(18)22(26)28-14-16-13-20(29-24-16)15-7-2-1-3-8-15/h1-13H,14H2,(H,23,25). The highest BCUT2D eigenvalue weighted by molar-refractivity contribution is 6.06. The van der Waals surface area contributed by atoms with Crippen LogP contribution >= 0.6 is 0 Å². The predicted octanol–water partition coefficient (Wildman–Crippen LogP) is 4.54. The number of aromatic nitrogens is 1. The van der Waals surface area contributed by atoms with E-state index < -0.39 is 11.9 Å². The Morgan fingerprint density at radius 3 is 2.55 bits per heavy atom. The molecular weight excluding hydrogens is 372 g/mol. The van der Waals surface area contributed by atoms with Crippen LogP contribution in [0.5, 0.6) is 0 Å². The molecule has 2 heterocycles. The van der Waals surface area contributed by atoms with Crippen molar-refractivity contribution in [1.29, 1.82) is 0 Å². The third-order valence-corrected chi connectivity index (χ3v) is 4.11. The van der Waals surface area contributed by atoms with Gasteiger partial charge in [-0.15, -0.1) is 0 Å². The van der Waals surface area contributed by atoms with Crippen molar-refractivity contribution in [2.75, 3.05) is 5.32 Å². The molecule has 0 radical (unpaired) electrons. The molecule has 0 saturated carbocycles. The molecule has 0 saturated heterocycles. The van der Waals surface area contributed by atoms with Crippen molar-refractivity contribution in [3.05, 3.63) is 96.1 Å². The molecule has 2 aromatic carbocycles. The van der Waals surface area contributed by atoms with Gasteiger partial charge in [0, 0.05) is 11.6 Å². The van der Waals surface area contributed by atoms with Gasteiger partial charge in [-0.05, 0) is 24.3 Å². The van der Waals surface area contributed by atoms with Gasteiger partial charge in [-0.2, -0.15) is 0 Å².